The Hall–Kier alpha value is -2.17. The summed E-state index contributed by atoms with van der Waals surface area (Å²) < 4.78 is 44.0. The maximum atomic E-state index is 13.8. The van der Waals surface area contributed by atoms with E-state index in [-0.39, 0.29) is 42.0 Å². The number of ether oxygens (including phenoxy) is 7. The lowest BCUT2D eigenvalue weighted by atomic mass is 9.42. The molecule has 1 saturated heterocycles. The Morgan fingerprint density at radius 1 is 0.920 bits per heavy atom. The zero-order chi connectivity index (χ0) is 35.3. The average Bonchev–Trinajstić information content (AvgIpc) is 3.44. The lowest BCUT2D eigenvalue weighted by molar-refractivity contribution is -0.953. The van der Waals surface area contributed by atoms with Gasteiger partial charge in [0.2, 0.25) is 0 Å². The normalized spacial score (nSPS) is 47.5. The van der Waals surface area contributed by atoms with Crippen LogP contribution in [0.2, 0.25) is 0 Å². The van der Waals surface area contributed by atoms with Crippen molar-refractivity contribution in [2.24, 2.45) is 34.5 Å². The van der Waals surface area contributed by atoms with E-state index in [4.69, 9.17) is 33.2 Å². The van der Waals surface area contributed by atoms with Crippen LogP contribution >= 0.6 is 0 Å². The highest BCUT2D eigenvalue weighted by molar-refractivity contribution is 5.89. The molecule has 7 bridgehead atoms. The second kappa shape index (κ2) is 13.0. The molecule has 14 heteroatoms. The molecule has 7 rings (SSSR count). The molecule has 10 unspecified atom stereocenters. The molecule has 1 aromatic rings. The van der Waals surface area contributed by atoms with Crippen LogP contribution in [-0.2, 0) is 42.7 Å². The third kappa shape index (κ3) is 4.51. The Morgan fingerprint density at radius 3 is 2.18 bits per heavy atom. The van der Waals surface area contributed by atoms with Crippen molar-refractivity contribution in [2.75, 3.05) is 48.1 Å². The summed E-state index contributed by atoms with van der Waals surface area (Å²) in [5.74, 6) is -4.13. The first kappa shape index (κ1) is 37.6. The van der Waals surface area contributed by atoms with Crippen molar-refractivity contribution in [3.8, 4) is 0 Å². The van der Waals surface area contributed by atoms with E-state index in [9.17, 15) is 24.6 Å². The first-order chi connectivity index (χ1) is 23.4. The summed E-state index contributed by atoms with van der Waals surface area (Å²) in [6.07, 6.45) is -5.33. The molecular weight excluding hydrogens is 718 g/mol. The second-order valence-corrected chi connectivity index (χ2v) is 15.2. The van der Waals surface area contributed by atoms with Gasteiger partial charge in [-0.2, -0.15) is 0 Å². The number of aliphatic hydroxyl groups is 2. The highest BCUT2D eigenvalue weighted by atomic mass is 79.9. The molecule has 6 aliphatic rings. The van der Waals surface area contributed by atoms with Crippen molar-refractivity contribution in [1.82, 2.24) is 0 Å². The predicted molar refractivity (Wildman–Crippen MR) is 169 cm³/mol. The molecule has 3 N–H and O–H groups in total. The fourth-order valence-corrected chi connectivity index (χ4v) is 12.9. The zero-order valence-electron chi connectivity index (χ0n) is 29.6. The molecule has 0 radical (unpaired) electrons. The van der Waals surface area contributed by atoms with E-state index < -0.39 is 94.3 Å². The third-order valence-electron chi connectivity index (χ3n) is 13.6. The zero-order valence-corrected chi connectivity index (χ0v) is 31.2. The number of benzene rings is 1. The fourth-order valence-electron chi connectivity index (χ4n) is 12.9. The van der Waals surface area contributed by atoms with Crippen LogP contribution in [0.5, 0.6) is 0 Å². The molecule has 6 fully saturated rings. The van der Waals surface area contributed by atoms with Crippen molar-refractivity contribution < 1.29 is 79.6 Å². The molecule has 16 atom stereocenters. The number of halogens is 1. The molecule has 5 saturated carbocycles. The number of likely N-dealkylation sites (tertiary alicyclic amines) is 1. The Bertz CT molecular complexity index is 1480. The molecular formula is C36H50BrNO12. The van der Waals surface area contributed by atoms with E-state index >= 15 is 0 Å². The number of fused-ring (bicyclic) bond motifs is 2. The maximum absolute atomic E-state index is 13.8. The minimum atomic E-state index is -1.85. The van der Waals surface area contributed by atoms with Gasteiger partial charge in [-0.05, 0) is 31.4 Å². The van der Waals surface area contributed by atoms with E-state index in [0.717, 1.165) is 4.90 Å². The monoisotopic (exact) mass is 767 g/mol. The van der Waals surface area contributed by atoms with Gasteiger partial charge in [0.15, 0.2) is 5.60 Å². The van der Waals surface area contributed by atoms with Crippen molar-refractivity contribution in [3.63, 3.8) is 0 Å². The van der Waals surface area contributed by atoms with Crippen LogP contribution < -0.4 is 21.9 Å². The number of quaternary nitrogens is 1. The standard InChI is InChI=1S/C36H49NO12.BrH/c1-8-37-16-33(17-43-4)22(47-18(2)38)14-23(44-5)35-21-15-34(42)30(48-32(41)20-12-10-9-11-13-20)24(21)36(49-19(3)39,29(40)31(34)46-7)25(28(35)37)26(45-6)27(33)35;/h9-13,21-31,40,42H,8,14-17H2,1-7H3;1H/t21-,22?,23?,24-,25?,26?,27-,28-,29?,30?,31?,33?,34-,35?,36-;/m1./s1. The van der Waals surface area contributed by atoms with Crippen LogP contribution in [0.3, 0.4) is 0 Å². The minimum Gasteiger partial charge on any atom is -1.00 e. The van der Waals surface area contributed by atoms with Gasteiger partial charge < -0.3 is 65.3 Å². The third-order valence-corrected chi connectivity index (χ3v) is 13.6. The van der Waals surface area contributed by atoms with E-state index in [0.29, 0.717) is 25.1 Å². The van der Waals surface area contributed by atoms with Gasteiger partial charge in [-0.15, -0.1) is 0 Å². The number of carbonyl (C=O) groups excluding carboxylic acids is 3. The van der Waals surface area contributed by atoms with Gasteiger partial charge >= 0.3 is 17.9 Å². The SMILES string of the molecule is CC[NH+]1CC2(COC)C(OC(C)=O)CC(OC)C34[C@@H]5C[C@]6(O)C(OC)C(O)[C@](OC(C)=O)(C(C(OC)[C@H]23)[C@@H]14)[C@H]5C6OC(=O)c1ccccc1.[Br-]. The van der Waals surface area contributed by atoms with Gasteiger partial charge in [-0.25, -0.2) is 4.79 Å². The summed E-state index contributed by atoms with van der Waals surface area (Å²) in [7, 11) is 6.29. The fraction of sp³-hybridized carbons (Fsp3) is 0.750. The number of carbonyl (C=O) groups is 3. The van der Waals surface area contributed by atoms with E-state index in [1.54, 1.807) is 51.7 Å². The lowest BCUT2D eigenvalue weighted by Gasteiger charge is -2.68. The van der Waals surface area contributed by atoms with Crippen molar-refractivity contribution in [2.45, 2.75) is 87.5 Å². The van der Waals surface area contributed by atoms with E-state index in [1.807, 2.05) is 0 Å². The van der Waals surface area contributed by atoms with Crippen molar-refractivity contribution >= 4 is 17.9 Å². The molecule has 13 nitrogen and oxygen atoms in total. The molecule has 0 aromatic heterocycles. The Balaban J connectivity index is 0.00000432. The highest BCUT2D eigenvalue weighted by Gasteiger charge is 2.94. The molecule has 0 amide bonds. The molecule has 5 aliphatic carbocycles. The minimum absolute atomic E-state index is 0. The quantitative estimate of drug-likeness (QED) is 0.162. The first-order valence-electron chi connectivity index (χ1n) is 17.3. The summed E-state index contributed by atoms with van der Waals surface area (Å²) in [4.78, 5) is 41.0. The van der Waals surface area contributed by atoms with Gasteiger partial charge in [0.05, 0.1) is 54.2 Å². The van der Waals surface area contributed by atoms with Crippen LogP contribution in [0.15, 0.2) is 30.3 Å². The molecule has 278 valence electrons. The van der Waals surface area contributed by atoms with Gasteiger partial charge in [-0.1, -0.05) is 18.2 Å². The van der Waals surface area contributed by atoms with Gasteiger partial charge in [0.25, 0.3) is 0 Å². The lowest BCUT2D eigenvalue weighted by Crippen LogP contribution is -3.22. The smallest absolute Gasteiger partial charge is 0.338 e. The van der Waals surface area contributed by atoms with Crippen LogP contribution in [0, 0.1) is 34.5 Å². The van der Waals surface area contributed by atoms with Crippen molar-refractivity contribution in [3.05, 3.63) is 35.9 Å². The number of aliphatic hydroxyl groups excluding tert-OH is 1. The van der Waals surface area contributed by atoms with E-state index in [1.165, 1.54) is 21.0 Å². The number of esters is 3. The molecule has 1 heterocycles. The molecule has 1 spiro atoms. The van der Waals surface area contributed by atoms with Crippen LogP contribution in [0.4, 0.5) is 0 Å². The van der Waals surface area contributed by atoms with Gasteiger partial charge in [0.1, 0.15) is 36.1 Å². The predicted octanol–water partition coefficient (Wildman–Crippen LogP) is -3.19. The van der Waals surface area contributed by atoms with Crippen LogP contribution in [-0.4, -0.2) is 130 Å². The van der Waals surface area contributed by atoms with Crippen LogP contribution in [0.25, 0.3) is 0 Å². The summed E-state index contributed by atoms with van der Waals surface area (Å²) >= 11 is 0. The van der Waals surface area contributed by atoms with Gasteiger partial charge in [-0.3, -0.25) is 9.59 Å². The Labute approximate surface area is 302 Å². The van der Waals surface area contributed by atoms with Crippen LogP contribution in [0.1, 0.15) is 44.0 Å². The maximum Gasteiger partial charge on any atom is 0.338 e. The molecule has 50 heavy (non-hydrogen) atoms. The Morgan fingerprint density at radius 2 is 1.62 bits per heavy atom. The number of methoxy groups -OCH3 is 4. The first-order valence-corrected chi connectivity index (χ1v) is 17.3. The highest BCUT2D eigenvalue weighted by Crippen LogP contribution is 2.79. The summed E-state index contributed by atoms with van der Waals surface area (Å²) in [6.45, 7) is 6.23. The number of nitrogens with one attached hydrogen (secondary N) is 1. The average molecular weight is 769 g/mol. The topological polar surface area (TPSA) is 161 Å². The van der Waals surface area contributed by atoms with Crippen molar-refractivity contribution in [1.29, 1.82) is 0 Å². The summed E-state index contributed by atoms with van der Waals surface area (Å²) in [6, 6.07) is 8.22. The number of hydrogen-bond donors (Lipinski definition) is 3. The number of piperidine rings is 1. The number of rotatable bonds is 10. The largest absolute Gasteiger partial charge is 1.00 e. The Kier molecular flexibility index (Phi) is 9.81. The summed E-state index contributed by atoms with van der Waals surface area (Å²) in [5, 5.41) is 25.5. The van der Waals surface area contributed by atoms with E-state index in [2.05, 4.69) is 6.92 Å². The second-order valence-electron chi connectivity index (χ2n) is 15.2. The number of hydrogen-bond acceptors (Lipinski definition) is 12. The molecule has 1 aliphatic heterocycles. The summed E-state index contributed by atoms with van der Waals surface area (Å²) in [5.41, 5.74) is -4.81. The van der Waals surface area contributed by atoms with Gasteiger partial charge in [0, 0.05) is 60.5 Å². The molecule has 1 aromatic carbocycles.